The Morgan fingerprint density at radius 3 is 2.16 bits per heavy atom. The van der Waals surface area contributed by atoms with E-state index in [2.05, 4.69) is 24.3 Å². The van der Waals surface area contributed by atoms with Gasteiger partial charge in [0, 0.05) is 0 Å². The van der Waals surface area contributed by atoms with E-state index in [9.17, 15) is 0 Å². The minimum absolute atomic E-state index is 0.228. The molecule has 1 heteroatoms. The van der Waals surface area contributed by atoms with Gasteiger partial charge in [-0.2, -0.15) is 0 Å². The summed E-state index contributed by atoms with van der Waals surface area (Å²) >= 11 is 6.55. The Kier molecular flexibility index (Phi) is 4.48. The maximum absolute atomic E-state index is 6.55. The van der Waals surface area contributed by atoms with Gasteiger partial charge in [-0.3, -0.25) is 0 Å². The van der Waals surface area contributed by atoms with E-state index in [0.29, 0.717) is 0 Å². The van der Waals surface area contributed by atoms with E-state index in [1.165, 1.54) is 68.9 Å². The summed E-state index contributed by atoms with van der Waals surface area (Å²) in [4.78, 5) is 0. The van der Waals surface area contributed by atoms with Crippen LogP contribution < -0.4 is 0 Å². The van der Waals surface area contributed by atoms with Crippen molar-refractivity contribution in [2.75, 3.05) is 0 Å². The third-order valence-corrected chi connectivity index (χ3v) is 5.57. The first-order valence-corrected chi connectivity index (χ1v) is 8.50. The fourth-order valence-corrected chi connectivity index (χ4v) is 3.97. The van der Waals surface area contributed by atoms with Gasteiger partial charge in [-0.1, -0.05) is 62.8 Å². The molecule has 1 atom stereocenters. The van der Waals surface area contributed by atoms with Gasteiger partial charge in [0.1, 0.15) is 0 Å². The molecule has 0 spiro atoms. The zero-order valence-corrected chi connectivity index (χ0v) is 12.5. The zero-order valence-electron chi connectivity index (χ0n) is 11.8. The predicted molar refractivity (Wildman–Crippen MR) is 82.8 cm³/mol. The largest absolute Gasteiger partial charge is 0.118 e. The summed E-state index contributed by atoms with van der Waals surface area (Å²) in [5.41, 5.74) is 2.86. The average Bonchev–Trinajstić information content (AvgIpc) is 2.44. The Morgan fingerprint density at radius 1 is 0.895 bits per heavy atom. The molecular weight excluding hydrogens is 252 g/mol. The highest BCUT2D eigenvalue weighted by atomic mass is 35.5. The first-order valence-electron chi connectivity index (χ1n) is 8.07. The van der Waals surface area contributed by atoms with Crippen LogP contribution in [0.15, 0.2) is 24.3 Å². The average molecular weight is 277 g/mol. The summed E-state index contributed by atoms with van der Waals surface area (Å²) in [6.07, 6.45) is 12.4. The molecule has 1 aromatic carbocycles. The SMILES string of the molecule is ClC(CC1CCC1)c1ccc(C2CCCCC2)cc1. The molecule has 0 aromatic heterocycles. The first-order chi connectivity index (χ1) is 9.33. The van der Waals surface area contributed by atoms with Gasteiger partial charge >= 0.3 is 0 Å². The maximum Gasteiger partial charge on any atom is 0.0587 e. The summed E-state index contributed by atoms with van der Waals surface area (Å²) in [6, 6.07) is 9.23. The summed E-state index contributed by atoms with van der Waals surface area (Å²) in [5, 5.41) is 0.228. The molecular formula is C18H25Cl. The topological polar surface area (TPSA) is 0 Å². The van der Waals surface area contributed by atoms with Crippen LogP contribution in [0.4, 0.5) is 0 Å². The summed E-state index contributed by atoms with van der Waals surface area (Å²) in [6.45, 7) is 0. The molecule has 0 amide bonds. The standard InChI is InChI=1S/C18H25Cl/c19-18(13-14-5-4-6-14)17-11-9-16(10-12-17)15-7-2-1-3-8-15/h9-12,14-15,18H,1-8,13H2. The fourth-order valence-electron chi connectivity index (χ4n) is 3.57. The van der Waals surface area contributed by atoms with Gasteiger partial charge in [-0.05, 0) is 42.2 Å². The van der Waals surface area contributed by atoms with Crippen molar-refractivity contribution in [3.63, 3.8) is 0 Å². The quantitative estimate of drug-likeness (QED) is 0.574. The van der Waals surface area contributed by atoms with Crippen molar-refractivity contribution < 1.29 is 0 Å². The molecule has 1 aromatic rings. The van der Waals surface area contributed by atoms with Gasteiger partial charge in [-0.25, -0.2) is 0 Å². The molecule has 2 saturated carbocycles. The number of benzene rings is 1. The van der Waals surface area contributed by atoms with Crippen LogP contribution >= 0.6 is 11.6 Å². The monoisotopic (exact) mass is 276 g/mol. The fraction of sp³-hybridized carbons (Fsp3) is 0.667. The van der Waals surface area contributed by atoms with Crippen LogP contribution in [0.25, 0.3) is 0 Å². The first kappa shape index (κ1) is 13.5. The van der Waals surface area contributed by atoms with Crippen LogP contribution in [0.3, 0.4) is 0 Å². The van der Waals surface area contributed by atoms with E-state index >= 15 is 0 Å². The molecule has 0 aliphatic heterocycles. The number of hydrogen-bond acceptors (Lipinski definition) is 0. The Balaban J connectivity index is 1.60. The number of halogens is 1. The van der Waals surface area contributed by atoms with E-state index in [4.69, 9.17) is 11.6 Å². The van der Waals surface area contributed by atoms with Crippen molar-refractivity contribution in [3.8, 4) is 0 Å². The Morgan fingerprint density at radius 2 is 1.58 bits per heavy atom. The lowest BCUT2D eigenvalue weighted by atomic mass is 9.80. The normalized spacial score (nSPS) is 23.0. The van der Waals surface area contributed by atoms with Crippen molar-refractivity contribution in [1.82, 2.24) is 0 Å². The lowest BCUT2D eigenvalue weighted by Gasteiger charge is -2.27. The second-order valence-corrected chi connectivity index (χ2v) is 7.03. The molecule has 2 fully saturated rings. The summed E-state index contributed by atoms with van der Waals surface area (Å²) in [5.74, 6) is 1.70. The molecule has 0 N–H and O–H groups in total. The third kappa shape index (κ3) is 3.34. The molecule has 2 aliphatic carbocycles. The van der Waals surface area contributed by atoms with Crippen molar-refractivity contribution in [3.05, 3.63) is 35.4 Å². The molecule has 0 nitrogen and oxygen atoms in total. The zero-order chi connectivity index (χ0) is 13.1. The van der Waals surface area contributed by atoms with Crippen LogP contribution in [0, 0.1) is 5.92 Å². The van der Waals surface area contributed by atoms with Crippen LogP contribution in [0.2, 0.25) is 0 Å². The van der Waals surface area contributed by atoms with Crippen LogP contribution in [-0.4, -0.2) is 0 Å². The molecule has 2 aliphatic rings. The maximum atomic E-state index is 6.55. The van der Waals surface area contributed by atoms with E-state index in [1.807, 2.05) is 0 Å². The molecule has 3 rings (SSSR count). The number of hydrogen-bond donors (Lipinski definition) is 0. The summed E-state index contributed by atoms with van der Waals surface area (Å²) < 4.78 is 0. The van der Waals surface area contributed by atoms with Gasteiger partial charge in [-0.15, -0.1) is 11.6 Å². The lowest BCUT2D eigenvalue weighted by molar-refractivity contribution is 0.293. The van der Waals surface area contributed by atoms with E-state index in [0.717, 1.165) is 11.8 Å². The van der Waals surface area contributed by atoms with Gasteiger partial charge in [0.05, 0.1) is 5.38 Å². The smallest absolute Gasteiger partial charge is 0.0587 e. The highest BCUT2D eigenvalue weighted by Gasteiger charge is 2.22. The van der Waals surface area contributed by atoms with Gasteiger partial charge in [0.15, 0.2) is 0 Å². The molecule has 1 unspecified atom stereocenters. The predicted octanol–water partition coefficient (Wildman–Crippen LogP) is 6.20. The van der Waals surface area contributed by atoms with Crippen molar-refractivity contribution in [2.24, 2.45) is 5.92 Å². The minimum atomic E-state index is 0.228. The molecule has 104 valence electrons. The van der Waals surface area contributed by atoms with E-state index in [-0.39, 0.29) is 5.38 Å². The summed E-state index contributed by atoms with van der Waals surface area (Å²) in [7, 11) is 0. The molecule has 19 heavy (non-hydrogen) atoms. The van der Waals surface area contributed by atoms with Crippen molar-refractivity contribution in [1.29, 1.82) is 0 Å². The molecule has 0 bridgehead atoms. The van der Waals surface area contributed by atoms with Crippen molar-refractivity contribution >= 4 is 11.6 Å². The van der Waals surface area contributed by atoms with Gasteiger partial charge < -0.3 is 0 Å². The minimum Gasteiger partial charge on any atom is -0.118 e. The lowest BCUT2D eigenvalue weighted by Crippen LogP contribution is -2.13. The second kappa shape index (κ2) is 6.31. The van der Waals surface area contributed by atoms with Gasteiger partial charge in [0.2, 0.25) is 0 Å². The van der Waals surface area contributed by atoms with Crippen molar-refractivity contribution in [2.45, 2.75) is 69.1 Å². The molecule has 0 radical (unpaired) electrons. The Hall–Kier alpha value is -0.490. The third-order valence-electron chi connectivity index (χ3n) is 5.14. The van der Waals surface area contributed by atoms with Gasteiger partial charge in [0.25, 0.3) is 0 Å². The van der Waals surface area contributed by atoms with Crippen LogP contribution in [0.1, 0.15) is 80.2 Å². The molecule has 0 heterocycles. The van der Waals surface area contributed by atoms with Crippen LogP contribution in [0.5, 0.6) is 0 Å². The van der Waals surface area contributed by atoms with Crippen LogP contribution in [-0.2, 0) is 0 Å². The Labute approximate surface area is 122 Å². The number of alkyl halides is 1. The Bertz CT molecular complexity index is 385. The highest BCUT2D eigenvalue weighted by molar-refractivity contribution is 6.20. The van der Waals surface area contributed by atoms with E-state index in [1.54, 1.807) is 0 Å². The molecule has 0 saturated heterocycles. The highest BCUT2D eigenvalue weighted by Crippen LogP contribution is 2.38. The van der Waals surface area contributed by atoms with E-state index < -0.39 is 0 Å². The number of rotatable bonds is 4. The second-order valence-electron chi connectivity index (χ2n) is 6.50.